The lowest BCUT2D eigenvalue weighted by Gasteiger charge is -2.20. The van der Waals surface area contributed by atoms with Crippen LogP contribution in [0.2, 0.25) is 0 Å². The summed E-state index contributed by atoms with van der Waals surface area (Å²) in [6, 6.07) is 15.4. The molecular weight excluding hydrogens is 416 g/mol. The Morgan fingerprint density at radius 1 is 0.818 bits per heavy atom. The monoisotopic (exact) mass is 452 g/mol. The molecule has 0 saturated carbocycles. The predicted molar refractivity (Wildman–Crippen MR) is 133 cm³/mol. The van der Waals surface area contributed by atoms with E-state index in [9.17, 15) is 14.4 Å². The lowest BCUT2D eigenvalue weighted by molar-refractivity contribution is -0.123. The zero-order valence-corrected chi connectivity index (χ0v) is 20.3. The highest BCUT2D eigenvalue weighted by atomic mass is 16.2. The number of carbonyl (C=O) groups is 3. The largest absolute Gasteiger partial charge is 0.355 e. The average molecular weight is 453 g/mol. The van der Waals surface area contributed by atoms with Crippen molar-refractivity contribution < 1.29 is 14.4 Å². The molecule has 7 heteroatoms. The summed E-state index contributed by atoms with van der Waals surface area (Å²) >= 11 is 0. The van der Waals surface area contributed by atoms with Gasteiger partial charge in [-0.2, -0.15) is 0 Å². The number of carbonyl (C=O) groups excluding carboxylic acids is 3. The van der Waals surface area contributed by atoms with Gasteiger partial charge in [0.05, 0.1) is 13.1 Å². The minimum Gasteiger partial charge on any atom is -0.355 e. The first-order valence-corrected chi connectivity index (χ1v) is 11.3. The number of nitrogens with one attached hydrogen (secondary N) is 3. The van der Waals surface area contributed by atoms with Gasteiger partial charge in [0, 0.05) is 24.8 Å². The molecule has 2 rings (SSSR count). The van der Waals surface area contributed by atoms with Crippen molar-refractivity contribution in [2.24, 2.45) is 0 Å². The Balaban J connectivity index is 1.75. The average Bonchev–Trinajstić information content (AvgIpc) is 2.74. The summed E-state index contributed by atoms with van der Waals surface area (Å²) in [5.74, 6) is -0.450. The first kappa shape index (κ1) is 26.1. The number of amides is 3. The van der Waals surface area contributed by atoms with Gasteiger partial charge in [-0.15, -0.1) is 0 Å². The van der Waals surface area contributed by atoms with Crippen LogP contribution >= 0.6 is 0 Å². The van der Waals surface area contributed by atoms with Crippen molar-refractivity contribution in [3.63, 3.8) is 0 Å². The fraction of sp³-hybridized carbons (Fsp3) is 0.423. The molecule has 7 nitrogen and oxygen atoms in total. The van der Waals surface area contributed by atoms with Crippen molar-refractivity contribution in [2.75, 3.05) is 36.8 Å². The van der Waals surface area contributed by atoms with Gasteiger partial charge in [-0.05, 0) is 53.8 Å². The molecule has 0 bridgehead atoms. The Labute approximate surface area is 196 Å². The quantitative estimate of drug-likeness (QED) is 0.514. The molecule has 3 amide bonds. The molecule has 0 spiro atoms. The molecule has 0 aromatic heterocycles. The lowest BCUT2D eigenvalue weighted by atomic mass is 9.86. The number of anilines is 2. The zero-order valence-electron chi connectivity index (χ0n) is 20.3. The van der Waals surface area contributed by atoms with Crippen LogP contribution in [0.5, 0.6) is 0 Å². The summed E-state index contributed by atoms with van der Waals surface area (Å²) in [6.45, 7) is 11.3. The van der Waals surface area contributed by atoms with E-state index in [2.05, 4.69) is 61.0 Å². The first-order valence-electron chi connectivity index (χ1n) is 11.3. The van der Waals surface area contributed by atoms with Gasteiger partial charge in [0.2, 0.25) is 17.7 Å². The Kier molecular flexibility index (Phi) is 9.60. The van der Waals surface area contributed by atoms with Gasteiger partial charge in [0.1, 0.15) is 0 Å². The van der Waals surface area contributed by atoms with Crippen LogP contribution in [0, 0.1) is 0 Å². The van der Waals surface area contributed by atoms with Crippen molar-refractivity contribution in [3.8, 4) is 0 Å². The zero-order chi connectivity index (χ0) is 24.4. The predicted octanol–water partition coefficient (Wildman–Crippen LogP) is 3.56. The molecule has 2 aromatic carbocycles. The van der Waals surface area contributed by atoms with E-state index in [4.69, 9.17) is 0 Å². The Bertz CT molecular complexity index is 932. The molecule has 0 aliphatic rings. The topological polar surface area (TPSA) is 90.5 Å². The normalized spacial score (nSPS) is 11.2. The molecule has 0 aliphatic carbocycles. The summed E-state index contributed by atoms with van der Waals surface area (Å²) in [7, 11) is 0. The highest BCUT2D eigenvalue weighted by molar-refractivity contribution is 5.93. The molecule has 178 valence electrons. The third-order valence-corrected chi connectivity index (χ3v) is 5.23. The molecular formula is C26H36N4O3. The summed E-state index contributed by atoms with van der Waals surface area (Å²) in [6.07, 6.45) is 0.761. The molecule has 0 atom stereocenters. The van der Waals surface area contributed by atoms with E-state index in [0.717, 1.165) is 6.42 Å². The molecule has 0 heterocycles. The van der Waals surface area contributed by atoms with Crippen LogP contribution < -0.4 is 16.0 Å². The van der Waals surface area contributed by atoms with Crippen molar-refractivity contribution in [1.29, 1.82) is 0 Å². The number of benzene rings is 2. The van der Waals surface area contributed by atoms with E-state index < -0.39 is 0 Å². The van der Waals surface area contributed by atoms with Crippen molar-refractivity contribution >= 4 is 29.1 Å². The van der Waals surface area contributed by atoms with Crippen LogP contribution in [0.1, 0.15) is 45.7 Å². The number of likely N-dealkylation sites (N-methyl/N-ethyl adjacent to an activating group) is 1. The molecule has 33 heavy (non-hydrogen) atoms. The van der Waals surface area contributed by atoms with E-state index in [1.165, 1.54) is 18.1 Å². The second kappa shape index (κ2) is 12.2. The maximum Gasteiger partial charge on any atom is 0.238 e. The number of rotatable bonds is 10. The lowest BCUT2D eigenvalue weighted by Crippen LogP contribution is -2.41. The van der Waals surface area contributed by atoms with Crippen LogP contribution in [-0.4, -0.2) is 48.8 Å². The van der Waals surface area contributed by atoms with Crippen molar-refractivity contribution in [3.05, 3.63) is 59.7 Å². The van der Waals surface area contributed by atoms with E-state index in [0.29, 0.717) is 24.5 Å². The molecule has 0 fully saturated rings. The third kappa shape index (κ3) is 9.45. The minimum atomic E-state index is -0.198. The maximum absolute atomic E-state index is 12.4. The second-order valence-electron chi connectivity index (χ2n) is 9.16. The van der Waals surface area contributed by atoms with Gasteiger partial charge in [0.15, 0.2) is 0 Å². The van der Waals surface area contributed by atoms with Gasteiger partial charge >= 0.3 is 0 Å². The van der Waals surface area contributed by atoms with Gasteiger partial charge in [-0.1, -0.05) is 52.0 Å². The Morgan fingerprint density at radius 3 is 1.88 bits per heavy atom. The smallest absolute Gasteiger partial charge is 0.238 e. The van der Waals surface area contributed by atoms with Crippen LogP contribution in [0.15, 0.2) is 48.5 Å². The van der Waals surface area contributed by atoms with Gasteiger partial charge in [-0.25, -0.2) is 0 Å². The first-order chi connectivity index (χ1) is 15.6. The second-order valence-corrected chi connectivity index (χ2v) is 9.16. The van der Waals surface area contributed by atoms with E-state index >= 15 is 0 Å². The fourth-order valence-corrected chi connectivity index (χ4v) is 3.30. The van der Waals surface area contributed by atoms with Crippen molar-refractivity contribution in [2.45, 2.75) is 46.5 Å². The van der Waals surface area contributed by atoms with Crippen LogP contribution in [0.4, 0.5) is 11.4 Å². The summed E-state index contributed by atoms with van der Waals surface area (Å²) in [5, 5.41) is 8.43. The molecule has 0 aliphatic heterocycles. The fourth-order valence-electron chi connectivity index (χ4n) is 3.30. The van der Waals surface area contributed by atoms with Crippen LogP contribution in [-0.2, 0) is 26.2 Å². The molecule has 0 unspecified atom stereocenters. The van der Waals surface area contributed by atoms with Gasteiger partial charge < -0.3 is 16.0 Å². The standard InChI is InChI=1S/C26H36N4O3/c1-6-30(18-25(33)29-23-13-11-22(12-14-23)28-19(2)31)17-24(32)27-16-15-20-7-9-21(10-8-20)26(3,4)5/h7-14H,6,15-18H2,1-5H3,(H,27,32)(H,28,31)(H,29,33). The van der Waals surface area contributed by atoms with Crippen molar-refractivity contribution in [1.82, 2.24) is 10.2 Å². The molecule has 3 N–H and O–H groups in total. The Morgan fingerprint density at radius 2 is 1.36 bits per heavy atom. The summed E-state index contributed by atoms with van der Waals surface area (Å²) < 4.78 is 0. The highest BCUT2D eigenvalue weighted by Gasteiger charge is 2.14. The van der Waals surface area contributed by atoms with E-state index in [1.807, 2.05) is 6.92 Å². The maximum atomic E-state index is 12.4. The van der Waals surface area contributed by atoms with Crippen LogP contribution in [0.25, 0.3) is 0 Å². The third-order valence-electron chi connectivity index (χ3n) is 5.23. The molecule has 0 radical (unpaired) electrons. The minimum absolute atomic E-state index is 0.101. The number of hydrogen-bond donors (Lipinski definition) is 3. The number of nitrogens with zero attached hydrogens (tertiary/aromatic N) is 1. The molecule has 0 saturated heterocycles. The van der Waals surface area contributed by atoms with Gasteiger partial charge in [0.25, 0.3) is 0 Å². The summed E-state index contributed by atoms with van der Waals surface area (Å²) in [5.41, 5.74) is 3.89. The summed E-state index contributed by atoms with van der Waals surface area (Å²) in [4.78, 5) is 37.6. The van der Waals surface area contributed by atoms with E-state index in [-0.39, 0.29) is 36.2 Å². The number of hydrogen-bond acceptors (Lipinski definition) is 4. The Hall–Kier alpha value is -3.19. The van der Waals surface area contributed by atoms with Gasteiger partial charge in [-0.3, -0.25) is 19.3 Å². The van der Waals surface area contributed by atoms with E-state index in [1.54, 1.807) is 29.2 Å². The highest BCUT2D eigenvalue weighted by Crippen LogP contribution is 2.22. The molecule has 2 aromatic rings. The SMILES string of the molecule is CCN(CC(=O)NCCc1ccc(C(C)(C)C)cc1)CC(=O)Nc1ccc(NC(C)=O)cc1. The van der Waals surface area contributed by atoms with Crippen LogP contribution in [0.3, 0.4) is 0 Å².